The van der Waals surface area contributed by atoms with Crippen molar-refractivity contribution in [2.24, 2.45) is 5.73 Å². The first-order valence-electron chi connectivity index (χ1n) is 4.46. The quantitative estimate of drug-likeness (QED) is 0.699. The van der Waals surface area contributed by atoms with Crippen LogP contribution >= 0.6 is 11.6 Å². The highest BCUT2D eigenvalue weighted by molar-refractivity contribution is 6.33. The molecule has 1 aromatic rings. The summed E-state index contributed by atoms with van der Waals surface area (Å²) < 4.78 is 5.20. The van der Waals surface area contributed by atoms with E-state index in [0.29, 0.717) is 31.3 Å². The lowest BCUT2D eigenvalue weighted by Gasteiger charge is -2.07. The third kappa shape index (κ3) is 3.91. The van der Waals surface area contributed by atoms with Crippen molar-refractivity contribution in [3.05, 3.63) is 23.5 Å². The fourth-order valence-electron chi connectivity index (χ4n) is 0.962. The number of ether oxygens (including phenoxy) is 1. The van der Waals surface area contributed by atoms with Crippen molar-refractivity contribution < 1.29 is 4.74 Å². The van der Waals surface area contributed by atoms with Crippen LogP contribution in [0.4, 0.5) is 5.69 Å². The van der Waals surface area contributed by atoms with Gasteiger partial charge in [0, 0.05) is 25.5 Å². The van der Waals surface area contributed by atoms with Gasteiger partial charge in [-0.15, -0.1) is 0 Å². The second-order valence-corrected chi connectivity index (χ2v) is 3.09. The highest BCUT2D eigenvalue weighted by Gasteiger charge is 1.96. The van der Waals surface area contributed by atoms with E-state index >= 15 is 0 Å². The Morgan fingerprint density at radius 3 is 3.07 bits per heavy atom. The van der Waals surface area contributed by atoms with Crippen LogP contribution in [-0.2, 0) is 4.74 Å². The Hall–Kier alpha value is -0.840. The second-order valence-electron chi connectivity index (χ2n) is 2.68. The highest BCUT2D eigenvalue weighted by Crippen LogP contribution is 2.18. The predicted octanol–water partition coefficient (Wildman–Crippen LogP) is 1.12. The predicted molar refractivity (Wildman–Crippen MR) is 57.6 cm³/mol. The fourth-order valence-corrected chi connectivity index (χ4v) is 1.15. The Morgan fingerprint density at radius 2 is 2.36 bits per heavy atom. The van der Waals surface area contributed by atoms with E-state index in [-0.39, 0.29) is 0 Å². The van der Waals surface area contributed by atoms with Crippen molar-refractivity contribution in [2.75, 3.05) is 31.6 Å². The number of nitrogens with zero attached hydrogens (tertiary/aromatic N) is 1. The minimum Gasteiger partial charge on any atom is -0.381 e. The summed E-state index contributed by atoms with van der Waals surface area (Å²) in [6, 6.07) is 1.82. The van der Waals surface area contributed by atoms with Gasteiger partial charge in [0.15, 0.2) is 0 Å². The number of anilines is 1. The lowest BCUT2D eigenvalue weighted by molar-refractivity contribution is 0.151. The normalized spacial score (nSPS) is 10.1. The molecule has 0 saturated heterocycles. The van der Waals surface area contributed by atoms with Crippen LogP contribution < -0.4 is 11.1 Å². The van der Waals surface area contributed by atoms with Gasteiger partial charge in [0.1, 0.15) is 0 Å². The zero-order chi connectivity index (χ0) is 10.2. The smallest absolute Gasteiger partial charge is 0.0820 e. The van der Waals surface area contributed by atoms with Crippen molar-refractivity contribution >= 4 is 17.3 Å². The van der Waals surface area contributed by atoms with E-state index in [1.54, 1.807) is 12.4 Å². The number of pyridine rings is 1. The average Bonchev–Trinajstić information content (AvgIpc) is 2.20. The maximum atomic E-state index is 5.88. The van der Waals surface area contributed by atoms with Crippen molar-refractivity contribution in [1.82, 2.24) is 4.98 Å². The molecule has 0 spiro atoms. The topological polar surface area (TPSA) is 60.2 Å². The van der Waals surface area contributed by atoms with Gasteiger partial charge in [0.25, 0.3) is 0 Å². The van der Waals surface area contributed by atoms with Gasteiger partial charge >= 0.3 is 0 Å². The van der Waals surface area contributed by atoms with Crippen molar-refractivity contribution in [3.63, 3.8) is 0 Å². The van der Waals surface area contributed by atoms with Crippen molar-refractivity contribution in [3.8, 4) is 0 Å². The van der Waals surface area contributed by atoms with Crippen LogP contribution in [0.5, 0.6) is 0 Å². The maximum Gasteiger partial charge on any atom is 0.0820 e. The minimum atomic E-state index is 0.552. The number of aromatic nitrogens is 1. The van der Waals surface area contributed by atoms with Gasteiger partial charge in [-0.1, -0.05) is 11.6 Å². The first-order valence-corrected chi connectivity index (χ1v) is 4.83. The Morgan fingerprint density at radius 1 is 1.50 bits per heavy atom. The number of rotatable bonds is 6. The van der Waals surface area contributed by atoms with Gasteiger partial charge in [-0.3, -0.25) is 4.98 Å². The maximum absolute atomic E-state index is 5.88. The summed E-state index contributed by atoms with van der Waals surface area (Å²) in [5.41, 5.74) is 6.14. The molecule has 1 aromatic heterocycles. The van der Waals surface area contributed by atoms with E-state index in [1.165, 1.54) is 0 Å². The standard InChI is InChI=1S/C9H14ClN3O/c10-8-7-12-3-1-9(8)13-4-6-14-5-2-11/h1,3,7H,2,4-6,11H2,(H,12,13). The molecular weight excluding hydrogens is 202 g/mol. The average molecular weight is 216 g/mol. The fraction of sp³-hybridized carbons (Fsp3) is 0.444. The molecule has 78 valence electrons. The summed E-state index contributed by atoms with van der Waals surface area (Å²) in [6.07, 6.45) is 3.29. The van der Waals surface area contributed by atoms with Crippen LogP contribution in [0.25, 0.3) is 0 Å². The number of nitrogens with one attached hydrogen (secondary N) is 1. The van der Waals surface area contributed by atoms with Gasteiger partial charge < -0.3 is 15.8 Å². The lowest BCUT2D eigenvalue weighted by atomic mass is 10.4. The van der Waals surface area contributed by atoms with Crippen LogP contribution in [0, 0.1) is 0 Å². The van der Waals surface area contributed by atoms with Gasteiger partial charge in [0.05, 0.1) is 23.9 Å². The van der Waals surface area contributed by atoms with Gasteiger partial charge in [-0.25, -0.2) is 0 Å². The molecule has 0 fully saturated rings. The molecule has 0 aliphatic rings. The molecule has 0 amide bonds. The molecule has 5 heteroatoms. The highest BCUT2D eigenvalue weighted by atomic mass is 35.5. The molecule has 0 aliphatic carbocycles. The van der Waals surface area contributed by atoms with E-state index in [0.717, 1.165) is 5.69 Å². The summed E-state index contributed by atoms with van der Waals surface area (Å²) in [5, 5.41) is 3.75. The first-order chi connectivity index (χ1) is 6.84. The summed E-state index contributed by atoms with van der Waals surface area (Å²) >= 11 is 5.88. The number of hydrogen-bond acceptors (Lipinski definition) is 4. The SMILES string of the molecule is NCCOCCNc1ccncc1Cl. The van der Waals surface area contributed by atoms with E-state index < -0.39 is 0 Å². The summed E-state index contributed by atoms with van der Waals surface area (Å²) in [5.74, 6) is 0. The molecule has 3 N–H and O–H groups in total. The Balaban J connectivity index is 2.21. The molecule has 0 bridgehead atoms. The van der Waals surface area contributed by atoms with Gasteiger partial charge in [-0.05, 0) is 6.07 Å². The van der Waals surface area contributed by atoms with E-state index in [2.05, 4.69) is 10.3 Å². The summed E-state index contributed by atoms with van der Waals surface area (Å²) in [7, 11) is 0. The molecule has 0 unspecified atom stereocenters. The molecular formula is C9H14ClN3O. The molecule has 0 saturated carbocycles. The summed E-state index contributed by atoms with van der Waals surface area (Å²) in [4.78, 5) is 3.88. The van der Waals surface area contributed by atoms with Crippen LogP contribution in [-0.4, -0.2) is 31.3 Å². The van der Waals surface area contributed by atoms with Crippen LogP contribution in [0.3, 0.4) is 0 Å². The monoisotopic (exact) mass is 215 g/mol. The van der Waals surface area contributed by atoms with Crippen LogP contribution in [0.1, 0.15) is 0 Å². The zero-order valence-electron chi connectivity index (χ0n) is 7.87. The third-order valence-corrected chi connectivity index (χ3v) is 1.90. The van der Waals surface area contributed by atoms with Crippen LogP contribution in [0.2, 0.25) is 5.02 Å². The van der Waals surface area contributed by atoms with E-state index in [9.17, 15) is 0 Å². The largest absolute Gasteiger partial charge is 0.381 e. The van der Waals surface area contributed by atoms with Crippen LogP contribution in [0.15, 0.2) is 18.5 Å². The Kier molecular flexibility index (Phi) is 5.29. The minimum absolute atomic E-state index is 0.552. The Bertz CT molecular complexity index is 270. The van der Waals surface area contributed by atoms with Gasteiger partial charge in [-0.2, -0.15) is 0 Å². The molecule has 14 heavy (non-hydrogen) atoms. The van der Waals surface area contributed by atoms with Gasteiger partial charge in [0.2, 0.25) is 0 Å². The first kappa shape index (κ1) is 11.2. The number of hydrogen-bond donors (Lipinski definition) is 2. The third-order valence-electron chi connectivity index (χ3n) is 1.60. The molecule has 0 aromatic carbocycles. The molecule has 0 radical (unpaired) electrons. The molecule has 1 heterocycles. The number of nitrogens with two attached hydrogens (primary N) is 1. The van der Waals surface area contributed by atoms with Crippen molar-refractivity contribution in [1.29, 1.82) is 0 Å². The van der Waals surface area contributed by atoms with Crippen molar-refractivity contribution in [2.45, 2.75) is 0 Å². The number of halogens is 1. The molecule has 4 nitrogen and oxygen atoms in total. The Labute approximate surface area is 88.4 Å². The summed E-state index contributed by atoms with van der Waals surface area (Å²) in [6.45, 7) is 2.47. The van der Waals surface area contributed by atoms with E-state index in [1.807, 2.05) is 6.07 Å². The molecule has 0 atom stereocenters. The molecule has 1 rings (SSSR count). The van der Waals surface area contributed by atoms with E-state index in [4.69, 9.17) is 22.1 Å². The second kappa shape index (κ2) is 6.59. The lowest BCUT2D eigenvalue weighted by Crippen LogP contribution is -2.14. The molecule has 0 aliphatic heterocycles. The zero-order valence-corrected chi connectivity index (χ0v) is 8.63.